The number of hydrogen-bond acceptors (Lipinski definition) is 3. The maximum absolute atomic E-state index is 11.8. The topological polar surface area (TPSA) is 60.9 Å². The van der Waals surface area contributed by atoms with Crippen LogP contribution in [0.1, 0.15) is 0 Å². The Balaban J connectivity index is 2.53. The molecule has 1 aromatic carbocycles. The summed E-state index contributed by atoms with van der Waals surface area (Å²) in [6.45, 7) is 0.413. The number of nitrogens with zero attached hydrogens (tertiary/aromatic N) is 2. The number of aryl methyl sites for hydroxylation is 1. The Morgan fingerprint density at radius 3 is 2.87 bits per heavy atom. The van der Waals surface area contributed by atoms with E-state index in [1.54, 1.807) is 0 Å². The first-order valence-corrected chi connectivity index (χ1v) is 6.06. The van der Waals surface area contributed by atoms with Gasteiger partial charge in [-0.2, -0.15) is 0 Å². The van der Waals surface area contributed by atoms with E-state index in [1.807, 2.05) is 35.9 Å². The summed E-state index contributed by atoms with van der Waals surface area (Å²) in [5, 5.41) is 0.599. The Kier molecular flexibility index (Phi) is 2.83. The SMILES string of the molecule is Cn1c(S(=O)CCN)nc2ccccc21. The molecule has 0 aliphatic heterocycles. The number of imidazole rings is 1. The molecule has 2 rings (SSSR count). The summed E-state index contributed by atoms with van der Waals surface area (Å²) in [4.78, 5) is 4.34. The second-order valence-corrected chi connectivity index (χ2v) is 4.74. The molecule has 15 heavy (non-hydrogen) atoms. The number of aromatic nitrogens is 2. The minimum Gasteiger partial charge on any atom is -0.330 e. The second-order valence-electron chi connectivity index (χ2n) is 3.28. The first-order valence-electron chi connectivity index (χ1n) is 4.74. The molecule has 0 fully saturated rings. The molecular formula is C10H13N3OS. The lowest BCUT2D eigenvalue weighted by Gasteiger charge is -2.00. The summed E-state index contributed by atoms with van der Waals surface area (Å²) in [5.41, 5.74) is 7.25. The molecule has 0 spiro atoms. The first-order chi connectivity index (χ1) is 7.24. The van der Waals surface area contributed by atoms with Gasteiger partial charge in [-0.1, -0.05) is 12.1 Å². The lowest BCUT2D eigenvalue weighted by atomic mass is 10.3. The number of benzene rings is 1. The van der Waals surface area contributed by atoms with E-state index < -0.39 is 10.8 Å². The lowest BCUT2D eigenvalue weighted by molar-refractivity contribution is 0.667. The molecular weight excluding hydrogens is 210 g/mol. The highest BCUT2D eigenvalue weighted by atomic mass is 32.2. The molecule has 0 aliphatic carbocycles. The Morgan fingerprint density at radius 2 is 2.20 bits per heavy atom. The van der Waals surface area contributed by atoms with E-state index in [0.29, 0.717) is 17.5 Å². The molecule has 1 unspecified atom stereocenters. The number of hydrogen-bond donors (Lipinski definition) is 1. The summed E-state index contributed by atoms with van der Waals surface area (Å²) in [6.07, 6.45) is 0. The summed E-state index contributed by atoms with van der Waals surface area (Å²) >= 11 is 0. The molecule has 0 radical (unpaired) electrons. The average molecular weight is 223 g/mol. The molecule has 0 aliphatic rings. The van der Waals surface area contributed by atoms with Crippen LogP contribution < -0.4 is 5.73 Å². The third-order valence-corrected chi connectivity index (χ3v) is 3.63. The summed E-state index contributed by atoms with van der Waals surface area (Å²) in [5.74, 6) is 0.456. The fraction of sp³-hybridized carbons (Fsp3) is 0.300. The van der Waals surface area contributed by atoms with Crippen molar-refractivity contribution in [2.45, 2.75) is 5.16 Å². The van der Waals surface area contributed by atoms with Crippen LogP contribution in [0.15, 0.2) is 29.4 Å². The van der Waals surface area contributed by atoms with Gasteiger partial charge in [0.25, 0.3) is 0 Å². The fourth-order valence-corrected chi connectivity index (χ4v) is 2.53. The smallest absolute Gasteiger partial charge is 0.199 e. The van der Waals surface area contributed by atoms with Gasteiger partial charge in [0, 0.05) is 19.3 Å². The molecule has 1 atom stereocenters. The van der Waals surface area contributed by atoms with Crippen LogP contribution in [0.3, 0.4) is 0 Å². The van der Waals surface area contributed by atoms with Gasteiger partial charge in [0.2, 0.25) is 0 Å². The molecule has 2 aromatic rings. The molecule has 1 heterocycles. The van der Waals surface area contributed by atoms with Crippen LogP contribution in [0, 0.1) is 0 Å². The van der Waals surface area contributed by atoms with Crippen LogP contribution in [0.25, 0.3) is 11.0 Å². The highest BCUT2D eigenvalue weighted by Gasteiger charge is 2.12. The third kappa shape index (κ3) is 1.80. The number of para-hydroxylation sites is 2. The predicted molar refractivity (Wildman–Crippen MR) is 61.0 cm³/mol. The largest absolute Gasteiger partial charge is 0.330 e. The minimum absolute atomic E-state index is 0.413. The van der Waals surface area contributed by atoms with Gasteiger partial charge < -0.3 is 10.3 Å². The molecule has 2 N–H and O–H groups in total. The minimum atomic E-state index is -1.10. The lowest BCUT2D eigenvalue weighted by Crippen LogP contribution is -2.13. The van der Waals surface area contributed by atoms with Gasteiger partial charge in [-0.25, -0.2) is 4.98 Å². The molecule has 4 nitrogen and oxygen atoms in total. The zero-order valence-electron chi connectivity index (χ0n) is 8.51. The van der Waals surface area contributed by atoms with E-state index in [2.05, 4.69) is 4.98 Å². The van der Waals surface area contributed by atoms with Gasteiger partial charge >= 0.3 is 0 Å². The summed E-state index contributed by atoms with van der Waals surface area (Å²) in [7, 11) is 0.773. The van der Waals surface area contributed by atoms with Gasteiger partial charge in [0.15, 0.2) is 5.16 Å². The van der Waals surface area contributed by atoms with Crippen LogP contribution in [0.4, 0.5) is 0 Å². The standard InChI is InChI=1S/C10H13N3OS/c1-13-9-5-3-2-4-8(9)12-10(13)15(14)7-6-11/h2-5H,6-7,11H2,1H3. The maximum Gasteiger partial charge on any atom is 0.199 e. The number of rotatable bonds is 3. The third-order valence-electron chi connectivity index (χ3n) is 2.25. The second kappa shape index (κ2) is 4.12. The molecule has 0 amide bonds. The quantitative estimate of drug-likeness (QED) is 0.830. The van der Waals surface area contributed by atoms with Crippen molar-refractivity contribution in [2.75, 3.05) is 12.3 Å². The van der Waals surface area contributed by atoms with E-state index in [0.717, 1.165) is 11.0 Å². The van der Waals surface area contributed by atoms with Crippen molar-refractivity contribution in [2.24, 2.45) is 12.8 Å². The maximum atomic E-state index is 11.8. The predicted octanol–water partition coefficient (Wildman–Crippen LogP) is 0.640. The Hall–Kier alpha value is -1.20. The first kappa shape index (κ1) is 10.3. The Bertz CT molecular complexity index is 506. The average Bonchev–Trinajstić information content (AvgIpc) is 2.57. The van der Waals surface area contributed by atoms with Crippen LogP contribution >= 0.6 is 0 Å². The van der Waals surface area contributed by atoms with Crippen molar-refractivity contribution >= 4 is 21.8 Å². The molecule has 80 valence electrons. The fourth-order valence-electron chi connectivity index (χ4n) is 1.53. The van der Waals surface area contributed by atoms with Crippen LogP contribution in [0.5, 0.6) is 0 Å². The van der Waals surface area contributed by atoms with Crippen LogP contribution in [-0.4, -0.2) is 26.1 Å². The van der Waals surface area contributed by atoms with Crippen molar-refractivity contribution in [3.05, 3.63) is 24.3 Å². The van der Waals surface area contributed by atoms with Gasteiger partial charge in [-0.05, 0) is 12.1 Å². The Morgan fingerprint density at radius 1 is 1.47 bits per heavy atom. The zero-order valence-corrected chi connectivity index (χ0v) is 9.33. The van der Waals surface area contributed by atoms with Gasteiger partial charge in [0.1, 0.15) is 0 Å². The summed E-state index contributed by atoms with van der Waals surface area (Å²) in [6, 6.07) is 7.74. The van der Waals surface area contributed by atoms with E-state index in [1.165, 1.54) is 0 Å². The normalized spacial score (nSPS) is 13.2. The van der Waals surface area contributed by atoms with E-state index >= 15 is 0 Å². The van der Waals surface area contributed by atoms with Crippen molar-refractivity contribution < 1.29 is 4.21 Å². The van der Waals surface area contributed by atoms with E-state index in [4.69, 9.17) is 5.73 Å². The van der Waals surface area contributed by atoms with Gasteiger partial charge in [0.05, 0.1) is 21.8 Å². The molecule has 0 saturated carbocycles. The van der Waals surface area contributed by atoms with E-state index in [-0.39, 0.29) is 0 Å². The van der Waals surface area contributed by atoms with Crippen molar-refractivity contribution in [3.8, 4) is 0 Å². The number of nitrogens with two attached hydrogens (primary N) is 1. The van der Waals surface area contributed by atoms with Gasteiger partial charge in [-0.3, -0.25) is 4.21 Å². The molecule has 0 bridgehead atoms. The molecule has 5 heteroatoms. The highest BCUT2D eigenvalue weighted by Crippen LogP contribution is 2.16. The highest BCUT2D eigenvalue weighted by molar-refractivity contribution is 7.84. The number of fused-ring (bicyclic) bond motifs is 1. The molecule has 0 saturated heterocycles. The monoisotopic (exact) mass is 223 g/mol. The van der Waals surface area contributed by atoms with Crippen LogP contribution in [0.2, 0.25) is 0 Å². The summed E-state index contributed by atoms with van der Waals surface area (Å²) < 4.78 is 13.6. The zero-order chi connectivity index (χ0) is 10.8. The molecule has 1 aromatic heterocycles. The van der Waals surface area contributed by atoms with Crippen LogP contribution in [-0.2, 0) is 17.8 Å². The van der Waals surface area contributed by atoms with E-state index in [9.17, 15) is 4.21 Å². The van der Waals surface area contributed by atoms with Gasteiger partial charge in [-0.15, -0.1) is 0 Å². The van der Waals surface area contributed by atoms with Crippen molar-refractivity contribution in [3.63, 3.8) is 0 Å². The van der Waals surface area contributed by atoms with Crippen molar-refractivity contribution in [1.82, 2.24) is 9.55 Å². The van der Waals surface area contributed by atoms with Crippen molar-refractivity contribution in [1.29, 1.82) is 0 Å². The Labute approximate surface area is 90.6 Å².